The molecule has 104 valence electrons. The number of unbranched alkanes of at least 4 members (excludes halogenated alkanes) is 2. The third-order valence-corrected chi connectivity index (χ3v) is 3.39. The van der Waals surface area contributed by atoms with E-state index >= 15 is 0 Å². The molecule has 0 spiro atoms. The Hall–Kier alpha value is -1.51. The fraction of sp³-hybridized carbons (Fsp3) is 0.562. The third kappa shape index (κ3) is 3.72. The number of nitrogens with one attached hydrogen (secondary N) is 1. The molecule has 1 aromatic carbocycles. The van der Waals surface area contributed by atoms with Crippen LogP contribution in [0.4, 0.5) is 5.69 Å². The first-order valence-corrected chi connectivity index (χ1v) is 7.39. The second-order valence-electron chi connectivity index (χ2n) is 5.18. The summed E-state index contributed by atoms with van der Waals surface area (Å²) in [5, 5.41) is 3.54. The summed E-state index contributed by atoms with van der Waals surface area (Å²) >= 11 is 0. The van der Waals surface area contributed by atoms with Crippen LogP contribution in [-0.2, 0) is 6.42 Å². The van der Waals surface area contributed by atoms with Gasteiger partial charge in [0.05, 0.1) is 0 Å². The molecule has 0 aliphatic heterocycles. The smallest absolute Gasteiger partial charge is 0.195 e. The normalized spacial score (nSPS) is 12.8. The van der Waals surface area contributed by atoms with E-state index in [1.165, 1.54) is 25.7 Å². The SMILES string of the molecule is CCCCCC(C)Nc1ccc2oc(CC)nc2c1. The molecule has 0 saturated heterocycles. The third-order valence-electron chi connectivity index (χ3n) is 3.39. The Bertz CT molecular complexity index is 518. The second kappa shape index (κ2) is 6.60. The van der Waals surface area contributed by atoms with Gasteiger partial charge in [-0.2, -0.15) is 0 Å². The molecule has 1 unspecified atom stereocenters. The van der Waals surface area contributed by atoms with Crippen LogP contribution in [0.15, 0.2) is 22.6 Å². The summed E-state index contributed by atoms with van der Waals surface area (Å²) in [6.45, 7) is 6.53. The fourth-order valence-corrected chi connectivity index (χ4v) is 2.27. The van der Waals surface area contributed by atoms with Crippen molar-refractivity contribution in [1.29, 1.82) is 0 Å². The Balaban J connectivity index is 2.00. The highest BCUT2D eigenvalue weighted by Crippen LogP contribution is 2.21. The van der Waals surface area contributed by atoms with Gasteiger partial charge >= 0.3 is 0 Å². The molecule has 0 bridgehead atoms. The average molecular weight is 260 g/mol. The van der Waals surface area contributed by atoms with Gasteiger partial charge in [0.25, 0.3) is 0 Å². The lowest BCUT2D eigenvalue weighted by atomic mass is 10.1. The van der Waals surface area contributed by atoms with Gasteiger partial charge in [0, 0.05) is 18.2 Å². The van der Waals surface area contributed by atoms with E-state index in [0.717, 1.165) is 29.1 Å². The van der Waals surface area contributed by atoms with Crippen LogP contribution in [0.3, 0.4) is 0 Å². The van der Waals surface area contributed by atoms with Gasteiger partial charge in [0.1, 0.15) is 5.52 Å². The summed E-state index contributed by atoms with van der Waals surface area (Å²) in [6.07, 6.45) is 5.93. The number of hydrogen-bond donors (Lipinski definition) is 1. The maximum absolute atomic E-state index is 5.62. The summed E-state index contributed by atoms with van der Waals surface area (Å²) in [7, 11) is 0. The molecule has 3 nitrogen and oxygen atoms in total. The molecule has 19 heavy (non-hydrogen) atoms. The molecule has 0 radical (unpaired) electrons. The van der Waals surface area contributed by atoms with E-state index in [1.54, 1.807) is 0 Å². The minimum atomic E-state index is 0.501. The minimum Gasteiger partial charge on any atom is -0.441 e. The lowest BCUT2D eigenvalue weighted by molar-refractivity contribution is 0.538. The van der Waals surface area contributed by atoms with Crippen LogP contribution >= 0.6 is 0 Å². The number of anilines is 1. The molecule has 1 atom stereocenters. The molecule has 0 aliphatic carbocycles. The number of aromatic nitrogens is 1. The van der Waals surface area contributed by atoms with Crippen molar-refractivity contribution in [2.45, 2.75) is 58.9 Å². The van der Waals surface area contributed by atoms with Crippen molar-refractivity contribution in [3.8, 4) is 0 Å². The molecule has 3 heteroatoms. The molecule has 2 aromatic rings. The zero-order valence-corrected chi connectivity index (χ0v) is 12.2. The Morgan fingerprint density at radius 3 is 2.84 bits per heavy atom. The first-order chi connectivity index (χ1) is 9.22. The van der Waals surface area contributed by atoms with Crippen molar-refractivity contribution < 1.29 is 4.42 Å². The van der Waals surface area contributed by atoms with Crippen molar-refractivity contribution >= 4 is 16.8 Å². The van der Waals surface area contributed by atoms with Crippen LogP contribution in [0.5, 0.6) is 0 Å². The number of fused-ring (bicyclic) bond motifs is 1. The predicted octanol–water partition coefficient (Wildman–Crippen LogP) is 4.77. The van der Waals surface area contributed by atoms with Crippen LogP contribution in [-0.4, -0.2) is 11.0 Å². The maximum Gasteiger partial charge on any atom is 0.195 e. The number of oxazole rings is 1. The van der Waals surface area contributed by atoms with Crippen LogP contribution in [0.25, 0.3) is 11.1 Å². The molecule has 2 rings (SSSR count). The number of nitrogens with zero attached hydrogens (tertiary/aromatic N) is 1. The maximum atomic E-state index is 5.62. The minimum absolute atomic E-state index is 0.501. The summed E-state index contributed by atoms with van der Waals surface area (Å²) in [4.78, 5) is 4.47. The number of benzene rings is 1. The van der Waals surface area contributed by atoms with Gasteiger partial charge in [0.15, 0.2) is 11.5 Å². The molecular formula is C16H24N2O. The van der Waals surface area contributed by atoms with Gasteiger partial charge in [-0.3, -0.25) is 0 Å². The lowest BCUT2D eigenvalue weighted by Crippen LogP contribution is -2.14. The van der Waals surface area contributed by atoms with Crippen LogP contribution < -0.4 is 5.32 Å². The van der Waals surface area contributed by atoms with E-state index in [-0.39, 0.29) is 0 Å². The zero-order chi connectivity index (χ0) is 13.7. The number of hydrogen-bond acceptors (Lipinski definition) is 3. The molecule has 1 N–H and O–H groups in total. The van der Waals surface area contributed by atoms with Crippen molar-refractivity contribution in [1.82, 2.24) is 4.98 Å². The average Bonchev–Trinajstić information content (AvgIpc) is 2.81. The molecule has 1 heterocycles. The highest BCUT2D eigenvalue weighted by atomic mass is 16.3. The van der Waals surface area contributed by atoms with E-state index in [4.69, 9.17) is 4.42 Å². The van der Waals surface area contributed by atoms with Crippen molar-refractivity contribution in [3.05, 3.63) is 24.1 Å². The fourth-order valence-electron chi connectivity index (χ4n) is 2.27. The van der Waals surface area contributed by atoms with E-state index in [2.05, 4.69) is 43.2 Å². The first kappa shape index (κ1) is 13.9. The monoisotopic (exact) mass is 260 g/mol. The Morgan fingerprint density at radius 1 is 1.26 bits per heavy atom. The second-order valence-corrected chi connectivity index (χ2v) is 5.18. The van der Waals surface area contributed by atoms with E-state index in [9.17, 15) is 0 Å². The van der Waals surface area contributed by atoms with Gasteiger partial charge in [-0.25, -0.2) is 4.98 Å². The molecule has 0 amide bonds. The van der Waals surface area contributed by atoms with Gasteiger partial charge in [0.2, 0.25) is 0 Å². The molecule has 1 aromatic heterocycles. The van der Waals surface area contributed by atoms with Crippen molar-refractivity contribution in [3.63, 3.8) is 0 Å². The largest absolute Gasteiger partial charge is 0.441 e. The Morgan fingerprint density at radius 2 is 2.11 bits per heavy atom. The Labute approximate surface area is 115 Å². The standard InChI is InChI=1S/C16H24N2O/c1-4-6-7-8-12(3)17-13-9-10-15-14(11-13)18-16(5-2)19-15/h9-12,17H,4-8H2,1-3H3. The first-order valence-electron chi connectivity index (χ1n) is 7.39. The quantitative estimate of drug-likeness (QED) is 0.729. The van der Waals surface area contributed by atoms with Crippen LogP contribution in [0, 0.1) is 0 Å². The lowest BCUT2D eigenvalue weighted by Gasteiger charge is -2.14. The summed E-state index contributed by atoms with van der Waals surface area (Å²) in [5.74, 6) is 0.808. The Kier molecular flexibility index (Phi) is 4.83. The highest BCUT2D eigenvalue weighted by Gasteiger charge is 2.06. The van der Waals surface area contributed by atoms with Crippen LogP contribution in [0.1, 0.15) is 52.3 Å². The number of aryl methyl sites for hydroxylation is 1. The number of rotatable bonds is 7. The van der Waals surface area contributed by atoms with Gasteiger partial charge in [-0.15, -0.1) is 0 Å². The zero-order valence-electron chi connectivity index (χ0n) is 12.2. The summed E-state index contributed by atoms with van der Waals surface area (Å²) in [5.41, 5.74) is 2.95. The molecule has 0 fully saturated rings. The predicted molar refractivity (Wildman–Crippen MR) is 80.6 cm³/mol. The molecule has 0 saturated carbocycles. The topological polar surface area (TPSA) is 38.1 Å². The van der Waals surface area contributed by atoms with Crippen molar-refractivity contribution in [2.75, 3.05) is 5.32 Å². The van der Waals surface area contributed by atoms with Gasteiger partial charge in [-0.1, -0.05) is 33.1 Å². The van der Waals surface area contributed by atoms with E-state index < -0.39 is 0 Å². The van der Waals surface area contributed by atoms with E-state index in [0.29, 0.717) is 6.04 Å². The van der Waals surface area contributed by atoms with Gasteiger partial charge in [-0.05, 0) is 31.5 Å². The summed E-state index contributed by atoms with van der Waals surface area (Å²) < 4.78 is 5.62. The van der Waals surface area contributed by atoms with Crippen LogP contribution in [0.2, 0.25) is 0 Å². The highest BCUT2D eigenvalue weighted by molar-refractivity contribution is 5.77. The van der Waals surface area contributed by atoms with E-state index in [1.807, 2.05) is 6.07 Å². The van der Waals surface area contributed by atoms with Gasteiger partial charge < -0.3 is 9.73 Å². The summed E-state index contributed by atoms with van der Waals surface area (Å²) in [6, 6.07) is 6.65. The van der Waals surface area contributed by atoms with Crippen molar-refractivity contribution in [2.24, 2.45) is 0 Å². The molecule has 0 aliphatic rings. The molecular weight excluding hydrogens is 236 g/mol.